The number of carbonyl (C=O) groups excluding carboxylic acids is 1. The second-order valence-corrected chi connectivity index (χ2v) is 7.31. The van der Waals surface area contributed by atoms with Crippen LogP contribution in [0, 0.1) is 0 Å². The van der Waals surface area contributed by atoms with E-state index >= 15 is 0 Å². The van der Waals surface area contributed by atoms with Crippen LogP contribution in [-0.4, -0.2) is 23.1 Å². The van der Waals surface area contributed by atoms with Crippen LogP contribution < -0.4 is 15.7 Å². The number of carbonyl (C=O) groups is 2. The fraction of sp³-hybridized carbons (Fsp3) is 0.261. The molecule has 4 rings (SSSR count). The predicted octanol–water partition coefficient (Wildman–Crippen LogP) is 2.99. The third-order valence-electron chi connectivity index (χ3n) is 5.29. The van der Waals surface area contributed by atoms with Crippen molar-refractivity contribution in [2.45, 2.75) is 38.3 Å². The highest BCUT2D eigenvalue weighted by molar-refractivity contribution is 5.87. The maximum atomic E-state index is 12.5. The van der Waals surface area contributed by atoms with Crippen molar-refractivity contribution in [1.29, 1.82) is 0 Å². The summed E-state index contributed by atoms with van der Waals surface area (Å²) in [5.74, 6) is -1.37. The van der Waals surface area contributed by atoms with E-state index in [-0.39, 0.29) is 5.63 Å². The molecular formula is C23H21NO6. The molecule has 2 unspecified atom stereocenters. The second kappa shape index (κ2) is 8.02. The molecule has 2 atom stereocenters. The number of carboxylic acid groups (broad SMARTS) is 1. The molecule has 0 saturated carbocycles. The average molecular weight is 407 g/mol. The van der Waals surface area contributed by atoms with Crippen LogP contribution in [0.25, 0.3) is 11.0 Å². The number of aliphatic carboxylic acids is 1. The molecule has 30 heavy (non-hydrogen) atoms. The number of benzene rings is 2. The third kappa shape index (κ3) is 3.78. The van der Waals surface area contributed by atoms with E-state index in [1.807, 2.05) is 6.07 Å². The van der Waals surface area contributed by atoms with Crippen LogP contribution in [0.4, 0.5) is 0 Å². The highest BCUT2D eigenvalue weighted by Crippen LogP contribution is 2.30. The van der Waals surface area contributed by atoms with Crippen molar-refractivity contribution in [3.8, 4) is 5.75 Å². The van der Waals surface area contributed by atoms with E-state index in [1.165, 1.54) is 6.92 Å². The van der Waals surface area contributed by atoms with Crippen LogP contribution in [0.3, 0.4) is 0 Å². The molecule has 2 aromatic carbocycles. The molecule has 1 aliphatic carbocycles. The average Bonchev–Trinajstić information content (AvgIpc) is 3.23. The lowest BCUT2D eigenvalue weighted by Gasteiger charge is -2.19. The Bertz CT molecular complexity index is 1170. The summed E-state index contributed by atoms with van der Waals surface area (Å²) in [7, 11) is 0. The van der Waals surface area contributed by atoms with Crippen molar-refractivity contribution in [3.63, 3.8) is 0 Å². The van der Waals surface area contributed by atoms with E-state index in [4.69, 9.17) is 9.15 Å². The zero-order chi connectivity index (χ0) is 21.3. The minimum Gasteiger partial charge on any atom is -0.481 e. The molecule has 0 radical (unpaired) electrons. The quantitative estimate of drug-likeness (QED) is 0.609. The summed E-state index contributed by atoms with van der Waals surface area (Å²) in [5, 5.41) is 12.8. The van der Waals surface area contributed by atoms with Crippen molar-refractivity contribution in [1.82, 2.24) is 5.32 Å². The summed E-state index contributed by atoms with van der Waals surface area (Å²) in [6, 6.07) is 12.4. The number of hydrogen-bond donors (Lipinski definition) is 2. The van der Waals surface area contributed by atoms with Crippen molar-refractivity contribution in [2.24, 2.45) is 0 Å². The van der Waals surface area contributed by atoms with Gasteiger partial charge in [0, 0.05) is 17.0 Å². The Morgan fingerprint density at radius 2 is 1.83 bits per heavy atom. The zero-order valence-corrected chi connectivity index (χ0v) is 16.4. The standard InChI is InChI=1S/C23H21NO6/c1-13(21(25)24-20(22(26)27)14-6-3-2-4-7-14)29-15-10-11-17-16-8-5-9-18(16)23(28)30-19(17)12-15/h2-4,6-7,10-13,20H,5,8-9H2,1H3,(H,24,25)(H,26,27). The molecule has 1 heterocycles. The molecule has 1 aromatic heterocycles. The van der Waals surface area contributed by atoms with Crippen LogP contribution in [0.1, 0.15) is 36.1 Å². The Balaban J connectivity index is 1.51. The number of nitrogens with one attached hydrogen (secondary N) is 1. The van der Waals surface area contributed by atoms with Crippen LogP contribution in [0.2, 0.25) is 0 Å². The molecule has 0 fully saturated rings. The number of rotatable bonds is 6. The van der Waals surface area contributed by atoms with Gasteiger partial charge in [0.15, 0.2) is 12.1 Å². The van der Waals surface area contributed by atoms with Gasteiger partial charge in [0.25, 0.3) is 5.91 Å². The first-order valence-corrected chi connectivity index (χ1v) is 9.77. The van der Waals surface area contributed by atoms with E-state index in [0.717, 1.165) is 35.8 Å². The molecule has 0 saturated heterocycles. The van der Waals surface area contributed by atoms with E-state index in [1.54, 1.807) is 42.5 Å². The van der Waals surface area contributed by atoms with Gasteiger partial charge in [-0.3, -0.25) is 4.79 Å². The maximum absolute atomic E-state index is 12.5. The maximum Gasteiger partial charge on any atom is 0.339 e. The summed E-state index contributed by atoms with van der Waals surface area (Å²) < 4.78 is 11.1. The summed E-state index contributed by atoms with van der Waals surface area (Å²) in [6.45, 7) is 1.53. The van der Waals surface area contributed by atoms with Gasteiger partial charge in [-0.2, -0.15) is 0 Å². The summed E-state index contributed by atoms with van der Waals surface area (Å²) in [6.07, 6.45) is 1.55. The lowest BCUT2D eigenvalue weighted by Crippen LogP contribution is -2.41. The number of amides is 1. The minimum absolute atomic E-state index is 0.329. The van der Waals surface area contributed by atoms with Gasteiger partial charge in [0.05, 0.1) is 0 Å². The molecule has 7 heteroatoms. The highest BCUT2D eigenvalue weighted by Gasteiger charge is 2.26. The van der Waals surface area contributed by atoms with Gasteiger partial charge in [-0.25, -0.2) is 9.59 Å². The lowest BCUT2D eigenvalue weighted by molar-refractivity contribution is -0.143. The molecule has 0 bridgehead atoms. The van der Waals surface area contributed by atoms with Crippen molar-refractivity contribution < 1.29 is 23.8 Å². The first-order valence-electron chi connectivity index (χ1n) is 9.77. The molecule has 1 aliphatic rings. The Hall–Kier alpha value is -3.61. The van der Waals surface area contributed by atoms with E-state index in [9.17, 15) is 19.5 Å². The zero-order valence-electron chi connectivity index (χ0n) is 16.4. The van der Waals surface area contributed by atoms with Crippen molar-refractivity contribution in [3.05, 3.63) is 75.6 Å². The first-order chi connectivity index (χ1) is 14.4. The summed E-state index contributed by atoms with van der Waals surface area (Å²) >= 11 is 0. The Labute approximate surface area is 172 Å². The smallest absolute Gasteiger partial charge is 0.339 e. The molecular weight excluding hydrogens is 386 g/mol. The van der Waals surface area contributed by atoms with E-state index in [2.05, 4.69) is 5.32 Å². The molecule has 7 nitrogen and oxygen atoms in total. The highest BCUT2D eigenvalue weighted by atomic mass is 16.5. The van der Waals surface area contributed by atoms with E-state index < -0.39 is 24.0 Å². The van der Waals surface area contributed by atoms with Crippen molar-refractivity contribution in [2.75, 3.05) is 0 Å². The van der Waals surface area contributed by atoms with Gasteiger partial charge in [0.2, 0.25) is 0 Å². The van der Waals surface area contributed by atoms with Gasteiger partial charge in [0.1, 0.15) is 11.3 Å². The predicted molar refractivity (Wildman–Crippen MR) is 110 cm³/mol. The van der Waals surface area contributed by atoms with Gasteiger partial charge in [-0.15, -0.1) is 0 Å². The SMILES string of the molecule is CC(Oc1ccc2c3c(c(=O)oc2c1)CCC3)C(=O)NC(C(=O)O)c1ccccc1. The van der Waals surface area contributed by atoms with Gasteiger partial charge in [-0.1, -0.05) is 30.3 Å². The molecule has 3 aromatic rings. The monoisotopic (exact) mass is 407 g/mol. The summed E-state index contributed by atoms with van der Waals surface area (Å²) in [5.41, 5.74) is 2.31. The molecule has 154 valence electrons. The Morgan fingerprint density at radius 3 is 2.57 bits per heavy atom. The van der Waals surface area contributed by atoms with Crippen molar-refractivity contribution >= 4 is 22.8 Å². The van der Waals surface area contributed by atoms with Crippen LogP contribution in [0.5, 0.6) is 5.75 Å². The Morgan fingerprint density at radius 1 is 1.10 bits per heavy atom. The number of ether oxygens (including phenoxy) is 1. The molecule has 2 N–H and O–H groups in total. The number of aryl methyl sites for hydroxylation is 1. The fourth-order valence-corrected chi connectivity index (χ4v) is 3.79. The molecule has 1 amide bonds. The normalized spacial score (nSPS) is 14.7. The molecule has 0 spiro atoms. The topological polar surface area (TPSA) is 106 Å². The number of hydrogen-bond acceptors (Lipinski definition) is 5. The third-order valence-corrected chi connectivity index (χ3v) is 5.29. The summed E-state index contributed by atoms with van der Waals surface area (Å²) in [4.78, 5) is 36.3. The van der Waals surface area contributed by atoms with E-state index in [0.29, 0.717) is 16.9 Å². The first kappa shape index (κ1) is 19.7. The molecule has 0 aliphatic heterocycles. The lowest BCUT2D eigenvalue weighted by atomic mass is 10.1. The second-order valence-electron chi connectivity index (χ2n) is 7.31. The van der Waals surface area contributed by atoms with Gasteiger partial charge >= 0.3 is 11.6 Å². The van der Waals surface area contributed by atoms with Gasteiger partial charge in [-0.05, 0) is 49.4 Å². The fourth-order valence-electron chi connectivity index (χ4n) is 3.79. The van der Waals surface area contributed by atoms with Crippen LogP contribution >= 0.6 is 0 Å². The van der Waals surface area contributed by atoms with Crippen LogP contribution in [-0.2, 0) is 22.4 Å². The largest absolute Gasteiger partial charge is 0.481 e. The minimum atomic E-state index is -1.18. The Kier molecular flexibility index (Phi) is 5.27. The number of carboxylic acids is 1. The van der Waals surface area contributed by atoms with Crippen LogP contribution in [0.15, 0.2) is 57.7 Å². The number of fused-ring (bicyclic) bond motifs is 3. The van der Waals surface area contributed by atoms with Gasteiger partial charge < -0.3 is 19.6 Å².